The quantitative estimate of drug-likeness (QED) is 0.372. The fraction of sp³-hybridized carbons (Fsp3) is 0.632. The summed E-state index contributed by atoms with van der Waals surface area (Å²) in [6.45, 7) is 3.70. The Morgan fingerprint density at radius 2 is 2.04 bits per heavy atom. The van der Waals surface area contributed by atoms with Crippen molar-refractivity contribution in [3.63, 3.8) is 0 Å². The van der Waals surface area contributed by atoms with Crippen molar-refractivity contribution >= 4 is 29.9 Å². The first-order valence-corrected chi connectivity index (χ1v) is 8.99. The van der Waals surface area contributed by atoms with Gasteiger partial charge in [0, 0.05) is 12.6 Å². The zero-order chi connectivity index (χ0) is 17.4. The molecule has 1 aromatic rings. The summed E-state index contributed by atoms with van der Waals surface area (Å²) < 4.78 is 5.36. The van der Waals surface area contributed by atoms with E-state index in [0.29, 0.717) is 12.6 Å². The third-order valence-corrected chi connectivity index (χ3v) is 4.56. The van der Waals surface area contributed by atoms with E-state index in [0.717, 1.165) is 18.3 Å². The Labute approximate surface area is 169 Å². The Balaban J connectivity index is 0.00000312. The minimum absolute atomic E-state index is 0. The van der Waals surface area contributed by atoms with Gasteiger partial charge in [-0.1, -0.05) is 25.0 Å². The molecule has 25 heavy (non-hydrogen) atoms. The Kier molecular flexibility index (Phi) is 10.2. The van der Waals surface area contributed by atoms with Gasteiger partial charge in [0.1, 0.15) is 5.75 Å². The second-order valence-corrected chi connectivity index (χ2v) is 6.60. The van der Waals surface area contributed by atoms with Crippen LogP contribution < -0.4 is 15.4 Å². The van der Waals surface area contributed by atoms with E-state index in [1.165, 1.54) is 31.2 Å². The highest BCUT2D eigenvalue weighted by Gasteiger charge is 2.18. The number of aliphatic imine (C=N–C) groups is 1. The number of nitrogens with zero attached hydrogens (tertiary/aromatic N) is 2. The second kappa shape index (κ2) is 11.6. The predicted octanol–water partition coefficient (Wildman–Crippen LogP) is 3.41. The molecule has 1 aliphatic rings. The highest BCUT2D eigenvalue weighted by Crippen LogP contribution is 2.23. The predicted molar refractivity (Wildman–Crippen MR) is 116 cm³/mol. The maximum absolute atomic E-state index is 5.36. The zero-order valence-electron chi connectivity index (χ0n) is 15.9. The van der Waals surface area contributed by atoms with Gasteiger partial charge in [-0.05, 0) is 51.6 Å². The topological polar surface area (TPSA) is 48.9 Å². The maximum atomic E-state index is 5.36. The minimum Gasteiger partial charge on any atom is -0.497 e. The molecule has 0 saturated heterocycles. The van der Waals surface area contributed by atoms with Crippen molar-refractivity contribution in [3.8, 4) is 5.75 Å². The summed E-state index contributed by atoms with van der Waals surface area (Å²) in [5, 5.41) is 6.95. The van der Waals surface area contributed by atoms with Gasteiger partial charge in [-0.3, -0.25) is 4.99 Å². The third kappa shape index (κ3) is 7.01. The number of nitrogens with one attached hydrogen (secondary N) is 2. The minimum atomic E-state index is 0. The summed E-state index contributed by atoms with van der Waals surface area (Å²) in [7, 11) is 5.89. The van der Waals surface area contributed by atoms with Gasteiger partial charge in [-0.2, -0.15) is 0 Å². The van der Waals surface area contributed by atoms with Crippen LogP contribution in [0, 0.1) is 0 Å². The van der Waals surface area contributed by atoms with Crippen molar-refractivity contribution < 1.29 is 4.74 Å². The molecular formula is C19H33IN4O. The normalized spacial score (nSPS) is 16.4. The summed E-state index contributed by atoms with van der Waals surface area (Å²) in [6, 6.07) is 9.04. The lowest BCUT2D eigenvalue weighted by Crippen LogP contribution is -2.42. The van der Waals surface area contributed by atoms with Gasteiger partial charge in [0.2, 0.25) is 0 Å². The van der Waals surface area contributed by atoms with Crippen molar-refractivity contribution in [2.75, 3.05) is 34.3 Å². The molecule has 0 aliphatic heterocycles. The van der Waals surface area contributed by atoms with E-state index in [9.17, 15) is 0 Å². The van der Waals surface area contributed by atoms with Crippen LogP contribution in [-0.4, -0.2) is 51.2 Å². The lowest BCUT2D eigenvalue weighted by Gasteiger charge is -2.24. The lowest BCUT2D eigenvalue weighted by molar-refractivity contribution is 0.305. The van der Waals surface area contributed by atoms with Crippen LogP contribution in [0.3, 0.4) is 0 Å². The van der Waals surface area contributed by atoms with Crippen molar-refractivity contribution in [1.29, 1.82) is 0 Å². The van der Waals surface area contributed by atoms with E-state index in [-0.39, 0.29) is 30.0 Å². The molecule has 1 aromatic carbocycles. The van der Waals surface area contributed by atoms with Gasteiger partial charge < -0.3 is 20.3 Å². The van der Waals surface area contributed by atoms with E-state index in [1.54, 1.807) is 7.11 Å². The fourth-order valence-corrected chi connectivity index (χ4v) is 3.18. The average molecular weight is 460 g/mol. The fourth-order valence-electron chi connectivity index (χ4n) is 3.18. The average Bonchev–Trinajstić information content (AvgIpc) is 3.08. The van der Waals surface area contributed by atoms with Crippen molar-refractivity contribution in [3.05, 3.63) is 29.8 Å². The first-order valence-electron chi connectivity index (χ1n) is 8.99. The molecule has 0 radical (unpaired) electrons. The number of halogens is 1. The van der Waals surface area contributed by atoms with E-state index < -0.39 is 0 Å². The zero-order valence-corrected chi connectivity index (χ0v) is 18.2. The molecule has 5 nitrogen and oxygen atoms in total. The molecule has 0 bridgehead atoms. The molecule has 0 amide bonds. The van der Waals surface area contributed by atoms with Crippen LogP contribution in [0.15, 0.2) is 29.3 Å². The van der Waals surface area contributed by atoms with Crippen molar-refractivity contribution in [1.82, 2.24) is 15.5 Å². The molecular weight excluding hydrogens is 427 g/mol. The number of ether oxygens (including phenoxy) is 1. The van der Waals surface area contributed by atoms with Gasteiger partial charge in [-0.15, -0.1) is 24.0 Å². The highest BCUT2D eigenvalue weighted by atomic mass is 127. The summed E-state index contributed by atoms with van der Waals surface area (Å²) in [6.07, 6.45) is 5.14. The number of benzene rings is 1. The van der Waals surface area contributed by atoms with Crippen LogP contribution in [0.25, 0.3) is 0 Å². The number of hydrogen-bond acceptors (Lipinski definition) is 3. The molecule has 0 spiro atoms. The summed E-state index contributed by atoms with van der Waals surface area (Å²) in [4.78, 5) is 7.05. The Morgan fingerprint density at radius 1 is 1.32 bits per heavy atom. The molecule has 1 atom stereocenters. The molecule has 2 N–H and O–H groups in total. The first-order chi connectivity index (χ1) is 11.6. The smallest absolute Gasteiger partial charge is 0.191 e. The van der Waals surface area contributed by atoms with Crippen LogP contribution >= 0.6 is 24.0 Å². The Bertz CT molecular complexity index is 530. The van der Waals surface area contributed by atoms with Gasteiger partial charge in [-0.25, -0.2) is 0 Å². The summed E-state index contributed by atoms with van der Waals surface area (Å²) in [5.74, 6) is 1.82. The molecule has 1 fully saturated rings. The van der Waals surface area contributed by atoms with Crippen LogP contribution in [0.4, 0.5) is 0 Å². The molecule has 6 heteroatoms. The summed E-state index contributed by atoms with van der Waals surface area (Å²) >= 11 is 0. The van der Waals surface area contributed by atoms with Crippen LogP contribution in [0.2, 0.25) is 0 Å². The SMILES string of the molecule is CCNC(=NCC(c1cccc(OC)c1)N(C)C)NC1CCCC1.I. The third-order valence-electron chi connectivity index (χ3n) is 4.56. The van der Waals surface area contributed by atoms with E-state index in [1.807, 2.05) is 12.1 Å². The number of hydrogen-bond donors (Lipinski definition) is 2. The van der Waals surface area contributed by atoms with Crippen molar-refractivity contribution in [2.45, 2.75) is 44.7 Å². The number of guanidine groups is 1. The molecule has 1 aliphatic carbocycles. The molecule has 1 saturated carbocycles. The molecule has 1 unspecified atom stereocenters. The maximum Gasteiger partial charge on any atom is 0.191 e. The van der Waals surface area contributed by atoms with Gasteiger partial charge in [0.15, 0.2) is 5.96 Å². The Morgan fingerprint density at radius 3 is 2.64 bits per heavy atom. The standard InChI is InChI=1S/C19H32N4O.HI/c1-5-20-19(22-16-10-6-7-11-16)21-14-18(23(2)3)15-9-8-12-17(13-15)24-4;/h8-9,12-13,16,18H,5-7,10-11,14H2,1-4H3,(H2,20,21,22);1H. The number of rotatable bonds is 7. The van der Waals surface area contributed by atoms with Crippen LogP contribution in [-0.2, 0) is 0 Å². The molecule has 142 valence electrons. The van der Waals surface area contributed by atoms with Gasteiger partial charge in [0.25, 0.3) is 0 Å². The largest absolute Gasteiger partial charge is 0.497 e. The van der Waals surface area contributed by atoms with Gasteiger partial charge >= 0.3 is 0 Å². The molecule has 2 rings (SSSR count). The second-order valence-electron chi connectivity index (χ2n) is 6.60. The lowest BCUT2D eigenvalue weighted by atomic mass is 10.1. The van der Waals surface area contributed by atoms with Crippen LogP contribution in [0.1, 0.15) is 44.2 Å². The molecule has 0 aromatic heterocycles. The van der Waals surface area contributed by atoms with E-state index >= 15 is 0 Å². The Hall–Kier alpha value is -1.02. The van der Waals surface area contributed by atoms with Crippen LogP contribution in [0.5, 0.6) is 5.75 Å². The van der Waals surface area contributed by atoms with E-state index in [2.05, 4.69) is 48.7 Å². The highest BCUT2D eigenvalue weighted by molar-refractivity contribution is 14.0. The monoisotopic (exact) mass is 460 g/mol. The first kappa shape index (κ1) is 22.0. The number of likely N-dealkylation sites (N-methyl/N-ethyl adjacent to an activating group) is 1. The van der Waals surface area contributed by atoms with E-state index in [4.69, 9.17) is 9.73 Å². The van der Waals surface area contributed by atoms with Crippen molar-refractivity contribution in [2.24, 2.45) is 4.99 Å². The van der Waals surface area contributed by atoms with Gasteiger partial charge in [0.05, 0.1) is 19.7 Å². The number of methoxy groups -OCH3 is 1. The summed E-state index contributed by atoms with van der Waals surface area (Å²) in [5.41, 5.74) is 1.22. The molecule has 0 heterocycles.